The first kappa shape index (κ1) is 29.3. The van der Waals surface area contributed by atoms with Crippen molar-refractivity contribution in [3.05, 3.63) is 89.0 Å². The molecule has 2 aliphatic rings. The van der Waals surface area contributed by atoms with E-state index in [0.29, 0.717) is 19.4 Å². The highest BCUT2D eigenvalue weighted by Gasteiger charge is 2.51. The molecule has 5 rings (SSSR count). The van der Waals surface area contributed by atoms with Gasteiger partial charge in [-0.05, 0) is 73.2 Å². The average Bonchev–Trinajstić information content (AvgIpc) is 2.91. The van der Waals surface area contributed by atoms with Crippen LogP contribution in [0.1, 0.15) is 47.4 Å². The van der Waals surface area contributed by atoms with Crippen molar-refractivity contribution < 1.29 is 31.5 Å². The topological polar surface area (TPSA) is 77.9 Å². The maximum atomic E-state index is 13.8. The molecule has 0 amide bonds. The molecule has 3 aromatic carbocycles. The summed E-state index contributed by atoms with van der Waals surface area (Å²) in [6.45, 7) is 4.79. The highest BCUT2D eigenvalue weighted by Crippen LogP contribution is 2.45. The van der Waals surface area contributed by atoms with Crippen molar-refractivity contribution in [3.8, 4) is 11.1 Å². The molecular formula is C31H33F3N2O4S. The Morgan fingerprint density at radius 1 is 0.951 bits per heavy atom. The maximum absolute atomic E-state index is 13.8. The number of rotatable bonds is 6. The number of carboxylic acid groups (broad SMARTS) is 1. The van der Waals surface area contributed by atoms with Crippen LogP contribution in [-0.4, -0.2) is 60.4 Å². The number of alkyl halides is 3. The van der Waals surface area contributed by atoms with E-state index in [0.717, 1.165) is 33.1 Å². The molecule has 0 bridgehead atoms. The Hall–Kier alpha value is -3.21. The van der Waals surface area contributed by atoms with Gasteiger partial charge in [0.05, 0.1) is 16.9 Å². The number of carboxylic acids is 1. The molecule has 3 atom stereocenters. The molecule has 3 aromatic rings. The molecular weight excluding hydrogens is 553 g/mol. The Labute approximate surface area is 238 Å². The Morgan fingerprint density at radius 3 is 2.32 bits per heavy atom. The molecule has 0 aromatic heterocycles. The predicted molar refractivity (Wildman–Crippen MR) is 150 cm³/mol. The summed E-state index contributed by atoms with van der Waals surface area (Å²) in [6.07, 6.45) is -3.85. The quantitative estimate of drug-likeness (QED) is 0.379. The molecule has 2 fully saturated rings. The number of aryl methyl sites for hydroxylation is 1. The van der Waals surface area contributed by atoms with E-state index < -0.39 is 32.6 Å². The lowest BCUT2D eigenvalue weighted by Gasteiger charge is -2.57. The average molecular weight is 587 g/mol. The molecule has 0 spiro atoms. The van der Waals surface area contributed by atoms with Crippen molar-refractivity contribution in [1.29, 1.82) is 0 Å². The van der Waals surface area contributed by atoms with Crippen LogP contribution >= 0.6 is 0 Å². The van der Waals surface area contributed by atoms with E-state index in [4.69, 9.17) is 0 Å². The van der Waals surface area contributed by atoms with E-state index in [1.165, 1.54) is 23.3 Å². The zero-order valence-electron chi connectivity index (χ0n) is 22.9. The van der Waals surface area contributed by atoms with Crippen LogP contribution in [0.5, 0.6) is 0 Å². The SMILES string of the molecule is Cc1cccc(-c2ccc([C@@H]3[C@@H](CC(=O)O)N4CCCCN(S(=O)(=O)c5ccccc5C(F)(F)F)C[C@@H]34)cc2)c1C. The number of halogens is 3. The fourth-order valence-corrected chi connectivity index (χ4v) is 8.05. The molecule has 2 aliphatic heterocycles. The van der Waals surface area contributed by atoms with Gasteiger partial charge in [0.15, 0.2) is 0 Å². The Kier molecular flexibility index (Phi) is 8.02. The number of fused-ring (bicyclic) bond motifs is 1. The van der Waals surface area contributed by atoms with E-state index in [9.17, 15) is 31.5 Å². The number of nitrogens with zero attached hydrogens (tertiary/aromatic N) is 2. The number of sulfonamides is 1. The van der Waals surface area contributed by atoms with Gasteiger partial charge < -0.3 is 5.11 Å². The summed E-state index contributed by atoms with van der Waals surface area (Å²) in [5.74, 6) is -1.23. The summed E-state index contributed by atoms with van der Waals surface area (Å²) in [4.78, 5) is 13.1. The third-order valence-electron chi connectivity index (χ3n) is 8.55. The second-order valence-electron chi connectivity index (χ2n) is 10.9. The number of hydrogen-bond donors (Lipinski definition) is 1. The van der Waals surface area contributed by atoms with Crippen molar-refractivity contribution >= 4 is 16.0 Å². The lowest BCUT2D eigenvalue weighted by molar-refractivity contribution is -0.142. The van der Waals surface area contributed by atoms with Gasteiger partial charge in [0.25, 0.3) is 0 Å². The van der Waals surface area contributed by atoms with E-state index in [1.54, 1.807) is 0 Å². The van der Waals surface area contributed by atoms with Crippen LogP contribution in [0.4, 0.5) is 13.2 Å². The van der Waals surface area contributed by atoms with Crippen molar-refractivity contribution in [2.75, 3.05) is 19.6 Å². The number of aliphatic carboxylic acids is 1. The van der Waals surface area contributed by atoms with E-state index >= 15 is 0 Å². The first-order chi connectivity index (χ1) is 19.4. The fraction of sp³-hybridized carbons (Fsp3) is 0.387. The summed E-state index contributed by atoms with van der Waals surface area (Å²) in [7, 11) is -4.47. The van der Waals surface area contributed by atoms with Gasteiger partial charge >= 0.3 is 12.1 Å². The molecule has 2 heterocycles. The van der Waals surface area contributed by atoms with Crippen LogP contribution < -0.4 is 0 Å². The summed E-state index contributed by atoms with van der Waals surface area (Å²) in [6, 6.07) is 17.6. The number of hydrogen-bond acceptors (Lipinski definition) is 4. The maximum Gasteiger partial charge on any atom is 0.417 e. The van der Waals surface area contributed by atoms with Crippen molar-refractivity contribution in [1.82, 2.24) is 9.21 Å². The predicted octanol–water partition coefficient (Wildman–Crippen LogP) is 6.09. The summed E-state index contributed by atoms with van der Waals surface area (Å²) in [5.41, 5.74) is 4.16. The van der Waals surface area contributed by atoms with Crippen LogP contribution in [0, 0.1) is 13.8 Å². The van der Waals surface area contributed by atoms with E-state index in [-0.39, 0.29) is 37.5 Å². The molecule has 2 saturated heterocycles. The van der Waals surface area contributed by atoms with E-state index in [2.05, 4.69) is 6.92 Å². The van der Waals surface area contributed by atoms with Crippen molar-refractivity contribution in [2.24, 2.45) is 0 Å². The summed E-state index contributed by atoms with van der Waals surface area (Å²) in [5, 5.41) is 9.68. The monoisotopic (exact) mass is 586 g/mol. The van der Waals surface area contributed by atoms with Crippen molar-refractivity contribution in [2.45, 2.75) is 62.2 Å². The molecule has 0 aliphatic carbocycles. The van der Waals surface area contributed by atoms with E-state index in [1.807, 2.05) is 54.3 Å². The zero-order chi connectivity index (χ0) is 29.5. The van der Waals surface area contributed by atoms with Crippen LogP contribution in [0.3, 0.4) is 0 Å². The minimum Gasteiger partial charge on any atom is -0.481 e. The first-order valence-electron chi connectivity index (χ1n) is 13.7. The van der Waals surface area contributed by atoms with Crippen LogP contribution in [0.15, 0.2) is 71.6 Å². The third kappa shape index (κ3) is 5.65. The number of benzene rings is 3. The first-order valence-corrected chi connectivity index (χ1v) is 15.1. The van der Waals surface area contributed by atoms with Gasteiger partial charge in [-0.3, -0.25) is 9.69 Å². The minimum atomic E-state index is -4.82. The van der Waals surface area contributed by atoms with Crippen LogP contribution in [-0.2, 0) is 21.0 Å². The molecule has 6 nitrogen and oxygen atoms in total. The zero-order valence-corrected chi connectivity index (χ0v) is 23.8. The second-order valence-corrected chi connectivity index (χ2v) is 12.8. The minimum absolute atomic E-state index is 0.0198. The second kappa shape index (κ2) is 11.2. The normalized spacial score (nSPS) is 22.3. The van der Waals surface area contributed by atoms with Crippen molar-refractivity contribution in [3.63, 3.8) is 0 Å². The fourth-order valence-electron chi connectivity index (χ4n) is 6.35. The van der Waals surface area contributed by atoms with Gasteiger partial charge in [-0.1, -0.05) is 54.6 Å². The summed E-state index contributed by atoms with van der Waals surface area (Å²) < 4.78 is 69.8. The lowest BCUT2D eigenvalue weighted by Crippen LogP contribution is -2.67. The Morgan fingerprint density at radius 2 is 1.63 bits per heavy atom. The van der Waals surface area contributed by atoms with Gasteiger partial charge in [-0.25, -0.2) is 8.42 Å². The van der Waals surface area contributed by atoms with Gasteiger partial charge in [0.1, 0.15) is 0 Å². The molecule has 0 unspecified atom stereocenters. The molecule has 41 heavy (non-hydrogen) atoms. The molecule has 0 saturated carbocycles. The molecule has 10 heteroatoms. The van der Waals surface area contributed by atoms with Gasteiger partial charge in [0.2, 0.25) is 10.0 Å². The molecule has 0 radical (unpaired) electrons. The van der Waals surface area contributed by atoms with Gasteiger partial charge in [-0.15, -0.1) is 0 Å². The third-order valence-corrected chi connectivity index (χ3v) is 10.5. The van der Waals surface area contributed by atoms with Crippen LogP contribution in [0.25, 0.3) is 11.1 Å². The standard InChI is InChI=1S/C31H33F3N2O4S/c1-20-8-7-9-24(21(20)2)22-12-14-23(15-13-22)30-26(18-29(37)38)36-17-6-5-16-35(19-27(30)36)41(39,40)28-11-4-3-10-25(28)31(32,33)34/h3-4,7-15,26-27,30H,5-6,16-19H2,1-2H3,(H,37,38)/t26-,27+,30-/m1/s1. The Balaban J connectivity index is 1.49. The lowest BCUT2D eigenvalue weighted by atomic mass is 9.72. The highest BCUT2D eigenvalue weighted by atomic mass is 32.2. The number of carbonyl (C=O) groups is 1. The summed E-state index contributed by atoms with van der Waals surface area (Å²) >= 11 is 0. The Bertz CT molecular complexity index is 1540. The highest BCUT2D eigenvalue weighted by molar-refractivity contribution is 7.89. The molecule has 218 valence electrons. The van der Waals surface area contributed by atoms with Crippen LogP contribution in [0.2, 0.25) is 0 Å². The van der Waals surface area contributed by atoms with Gasteiger partial charge in [0, 0.05) is 31.1 Å². The largest absolute Gasteiger partial charge is 0.481 e. The smallest absolute Gasteiger partial charge is 0.417 e. The molecule has 1 N–H and O–H groups in total. The van der Waals surface area contributed by atoms with Gasteiger partial charge in [-0.2, -0.15) is 17.5 Å².